The molecule has 8 heteroatoms. The van der Waals surface area contributed by atoms with E-state index in [-0.39, 0.29) is 4.90 Å². The van der Waals surface area contributed by atoms with E-state index in [1.165, 1.54) is 35.5 Å². The van der Waals surface area contributed by atoms with Gasteiger partial charge in [0.05, 0.1) is 0 Å². The summed E-state index contributed by atoms with van der Waals surface area (Å²) >= 11 is 15.7. The minimum absolute atomic E-state index is 0.0476. The van der Waals surface area contributed by atoms with Gasteiger partial charge in [0, 0.05) is 15.5 Å². The second kappa shape index (κ2) is 10.4. The first-order valence-corrected chi connectivity index (χ1v) is 10.0. The molecular weight excluding hydrogens is 451 g/mol. The van der Waals surface area contributed by atoms with Gasteiger partial charge in [0.1, 0.15) is 21.7 Å². The largest absolute Gasteiger partial charge is 0.205 e. The molecule has 3 rings (SSSR count). The molecule has 0 amide bonds. The molecule has 0 aliphatic heterocycles. The zero-order valence-electron chi connectivity index (χ0n) is 14.4. The normalized spacial score (nSPS) is 10.4. The van der Waals surface area contributed by atoms with Crippen LogP contribution in [0.1, 0.15) is 11.1 Å². The van der Waals surface area contributed by atoms with Crippen LogP contribution in [0.3, 0.4) is 0 Å². The van der Waals surface area contributed by atoms with Crippen LogP contribution in [0.5, 0.6) is 0 Å². The van der Waals surface area contributed by atoms with E-state index >= 15 is 0 Å². The summed E-state index contributed by atoms with van der Waals surface area (Å²) in [6.45, 7) is 2.01. The topological polar surface area (TPSA) is 0 Å². The average Bonchev–Trinajstić information content (AvgIpc) is 2.69. The molecule has 0 fully saturated rings. The van der Waals surface area contributed by atoms with Crippen molar-refractivity contribution in [2.45, 2.75) is 22.5 Å². The van der Waals surface area contributed by atoms with Crippen molar-refractivity contribution in [2.75, 3.05) is 0 Å². The van der Waals surface area contributed by atoms with E-state index in [1.54, 1.807) is 0 Å². The van der Waals surface area contributed by atoms with Crippen LogP contribution >= 0.6 is 47.6 Å². The molecule has 0 aliphatic rings. The fraction of sp³-hybridized carbons (Fsp3) is 0.100. The van der Waals surface area contributed by atoms with Crippen molar-refractivity contribution in [3.05, 3.63) is 93.0 Å². The maximum Gasteiger partial charge on any atom is 0.158 e. The van der Waals surface area contributed by atoms with Crippen molar-refractivity contribution in [3.8, 4) is 0 Å². The van der Waals surface area contributed by atoms with Gasteiger partial charge in [-0.1, -0.05) is 53.0 Å². The lowest BCUT2D eigenvalue weighted by molar-refractivity contribution is 0.566. The molecule has 0 bridgehead atoms. The Morgan fingerprint density at radius 2 is 1.32 bits per heavy atom. The van der Waals surface area contributed by atoms with Gasteiger partial charge >= 0.3 is 0 Å². The molecule has 0 unspecified atom stereocenters. The van der Waals surface area contributed by atoms with Gasteiger partial charge in [-0.2, -0.15) is 0 Å². The first-order chi connectivity index (χ1) is 13.2. The summed E-state index contributed by atoms with van der Waals surface area (Å²) in [5.74, 6) is -2.37. The Labute approximate surface area is 180 Å². The maximum absolute atomic E-state index is 13.6. The highest BCUT2D eigenvalue weighted by Gasteiger charge is 2.12. The zero-order chi connectivity index (χ0) is 20.8. The lowest BCUT2D eigenvalue weighted by atomic mass is 10.2. The molecule has 0 saturated carbocycles. The van der Waals surface area contributed by atoms with Crippen LogP contribution in [0.2, 0.25) is 10.0 Å². The van der Waals surface area contributed by atoms with Crippen LogP contribution in [-0.4, -0.2) is 0 Å². The SMILES string of the molecule is Cc1ccc(CSc2ccc(F)c(Cl)c2F)cc1.Fc1ccc(S)c(F)c1Cl. The number of thiol groups is 1. The highest BCUT2D eigenvalue weighted by molar-refractivity contribution is 7.98. The van der Waals surface area contributed by atoms with Crippen molar-refractivity contribution < 1.29 is 17.6 Å². The van der Waals surface area contributed by atoms with Crippen molar-refractivity contribution in [2.24, 2.45) is 0 Å². The molecule has 148 valence electrons. The Morgan fingerprint density at radius 1 is 0.786 bits per heavy atom. The Kier molecular flexibility index (Phi) is 8.56. The second-order valence-electron chi connectivity index (χ2n) is 5.64. The van der Waals surface area contributed by atoms with Gasteiger partial charge in [0.15, 0.2) is 11.6 Å². The summed E-state index contributed by atoms with van der Waals surface area (Å²) in [6.07, 6.45) is 0. The van der Waals surface area contributed by atoms with Gasteiger partial charge < -0.3 is 0 Å². The van der Waals surface area contributed by atoms with Gasteiger partial charge in [0.25, 0.3) is 0 Å². The van der Waals surface area contributed by atoms with Crippen molar-refractivity contribution >= 4 is 47.6 Å². The first kappa shape index (κ1) is 22.9. The molecule has 0 spiro atoms. The van der Waals surface area contributed by atoms with E-state index in [0.717, 1.165) is 11.6 Å². The van der Waals surface area contributed by atoms with Crippen molar-refractivity contribution in [3.63, 3.8) is 0 Å². The standard InChI is InChI=1S/C14H11ClF2S.C6H3ClF2S/c1-9-2-4-10(5-3-9)8-18-12-7-6-11(16)13(15)14(12)17;7-5-3(8)1-2-4(10)6(5)9/h2-7H,8H2,1H3;1-2,10H. The first-order valence-electron chi connectivity index (χ1n) is 7.85. The third-order valence-corrected chi connectivity index (χ3v) is 5.67. The Balaban J connectivity index is 0.000000237. The molecule has 0 nitrogen and oxygen atoms in total. The molecular formula is C20H14Cl2F4S2. The van der Waals surface area contributed by atoms with Gasteiger partial charge in [-0.05, 0) is 36.8 Å². The molecule has 0 aliphatic carbocycles. The fourth-order valence-electron chi connectivity index (χ4n) is 1.98. The van der Waals surface area contributed by atoms with Crippen LogP contribution in [0, 0.1) is 30.2 Å². The highest BCUT2D eigenvalue weighted by Crippen LogP contribution is 2.31. The molecule has 0 heterocycles. The number of rotatable bonds is 3. The molecule has 3 aromatic rings. The smallest absolute Gasteiger partial charge is 0.158 e. The van der Waals surface area contributed by atoms with Crippen LogP contribution in [-0.2, 0) is 5.75 Å². The molecule has 0 N–H and O–H groups in total. The van der Waals surface area contributed by atoms with Gasteiger partial charge in [-0.25, -0.2) is 17.6 Å². The van der Waals surface area contributed by atoms with E-state index < -0.39 is 33.3 Å². The fourth-order valence-corrected chi connectivity index (χ4v) is 3.53. The van der Waals surface area contributed by atoms with Crippen LogP contribution in [0.25, 0.3) is 0 Å². The minimum Gasteiger partial charge on any atom is -0.205 e. The summed E-state index contributed by atoms with van der Waals surface area (Å²) in [4.78, 5) is 0.411. The monoisotopic (exact) mass is 464 g/mol. The predicted octanol–water partition coefficient (Wildman–Crippen LogP) is 8.13. The van der Waals surface area contributed by atoms with Crippen LogP contribution in [0.15, 0.2) is 58.3 Å². The molecule has 0 atom stereocenters. The molecule has 28 heavy (non-hydrogen) atoms. The molecule has 0 saturated heterocycles. The van der Waals surface area contributed by atoms with E-state index in [4.69, 9.17) is 23.2 Å². The lowest BCUT2D eigenvalue weighted by Gasteiger charge is -2.05. The third kappa shape index (κ3) is 6.08. The van der Waals surface area contributed by atoms with E-state index in [2.05, 4.69) is 12.6 Å². The summed E-state index contributed by atoms with van der Waals surface area (Å²) in [6, 6.07) is 12.9. The van der Waals surface area contributed by atoms with Crippen LogP contribution < -0.4 is 0 Å². The number of aryl methyl sites for hydroxylation is 1. The van der Waals surface area contributed by atoms with Gasteiger partial charge in [-0.15, -0.1) is 24.4 Å². The van der Waals surface area contributed by atoms with Crippen molar-refractivity contribution in [1.29, 1.82) is 0 Å². The second-order valence-corrected chi connectivity index (χ2v) is 7.90. The molecule has 3 aromatic carbocycles. The lowest BCUT2D eigenvalue weighted by Crippen LogP contribution is -1.88. The quantitative estimate of drug-likeness (QED) is 0.176. The number of benzene rings is 3. The maximum atomic E-state index is 13.6. The average molecular weight is 465 g/mol. The Bertz CT molecular complexity index is 936. The summed E-state index contributed by atoms with van der Waals surface area (Å²) in [5.41, 5.74) is 2.27. The summed E-state index contributed by atoms with van der Waals surface area (Å²) < 4.78 is 51.5. The van der Waals surface area contributed by atoms with Gasteiger partial charge in [-0.3, -0.25) is 0 Å². The van der Waals surface area contributed by atoms with Crippen LogP contribution in [0.4, 0.5) is 17.6 Å². The Morgan fingerprint density at radius 3 is 1.89 bits per heavy atom. The number of halogens is 6. The highest BCUT2D eigenvalue weighted by atomic mass is 35.5. The predicted molar refractivity (Wildman–Crippen MR) is 111 cm³/mol. The van der Waals surface area contributed by atoms with Gasteiger partial charge in [0.2, 0.25) is 0 Å². The number of thioether (sulfide) groups is 1. The van der Waals surface area contributed by atoms with E-state index in [1.807, 2.05) is 31.2 Å². The molecule has 0 aromatic heterocycles. The third-order valence-electron chi connectivity index (χ3n) is 3.53. The zero-order valence-corrected chi connectivity index (χ0v) is 17.7. The number of hydrogen-bond acceptors (Lipinski definition) is 2. The van der Waals surface area contributed by atoms with E-state index in [9.17, 15) is 17.6 Å². The summed E-state index contributed by atoms with van der Waals surface area (Å²) in [7, 11) is 0. The summed E-state index contributed by atoms with van der Waals surface area (Å²) in [5, 5.41) is -0.948. The number of hydrogen-bond donors (Lipinski definition) is 1. The minimum atomic E-state index is -0.815. The van der Waals surface area contributed by atoms with E-state index in [0.29, 0.717) is 10.6 Å². The van der Waals surface area contributed by atoms with Crippen molar-refractivity contribution in [1.82, 2.24) is 0 Å². The Hall–Kier alpha value is -1.34. The molecule has 0 radical (unpaired) electrons.